The Morgan fingerprint density at radius 3 is 2.67 bits per heavy atom. The lowest BCUT2D eigenvalue weighted by atomic mass is 9.88. The molecule has 1 aliphatic rings. The maximum absolute atomic E-state index is 12.1. The summed E-state index contributed by atoms with van der Waals surface area (Å²) in [5, 5.41) is 15.5. The molecule has 0 aliphatic heterocycles. The van der Waals surface area contributed by atoms with Gasteiger partial charge >= 0.3 is 6.03 Å². The number of amides is 2. The lowest BCUT2D eigenvalue weighted by Gasteiger charge is -2.23. The molecule has 0 bridgehead atoms. The van der Waals surface area contributed by atoms with Crippen molar-refractivity contribution in [3.8, 4) is 0 Å². The van der Waals surface area contributed by atoms with Crippen molar-refractivity contribution < 1.29 is 9.90 Å². The van der Waals surface area contributed by atoms with E-state index in [0.717, 1.165) is 29.8 Å². The highest BCUT2D eigenvalue weighted by Gasteiger charge is 2.19. The number of urea groups is 1. The zero-order chi connectivity index (χ0) is 14.7. The molecule has 0 heterocycles. The molecule has 2 aromatic rings. The number of fused-ring (bicyclic) bond motifs is 1. The quantitative estimate of drug-likeness (QED) is 0.792. The normalized spacial score (nSPS) is 16.9. The summed E-state index contributed by atoms with van der Waals surface area (Å²) in [6.45, 7) is 0. The first-order chi connectivity index (χ1) is 10.2. The maximum Gasteiger partial charge on any atom is 0.323 e. The molecule has 3 N–H and O–H groups in total. The zero-order valence-corrected chi connectivity index (χ0v) is 11.7. The van der Waals surface area contributed by atoms with Crippen molar-refractivity contribution in [2.45, 2.75) is 25.4 Å². The molecule has 0 spiro atoms. The third kappa shape index (κ3) is 3.23. The van der Waals surface area contributed by atoms with Gasteiger partial charge in [0.1, 0.15) is 0 Å². The number of anilines is 2. The number of aliphatic hydroxyl groups excluding tert-OH is 1. The second-order valence-corrected chi connectivity index (χ2v) is 5.29. The van der Waals surface area contributed by atoms with Crippen LogP contribution in [0.15, 0.2) is 48.5 Å². The number of aryl methyl sites for hydroxylation is 1. The molecule has 4 nitrogen and oxygen atoms in total. The van der Waals surface area contributed by atoms with E-state index in [2.05, 4.69) is 16.7 Å². The monoisotopic (exact) mass is 282 g/mol. The number of nitrogens with one attached hydrogen (secondary N) is 2. The molecule has 1 aliphatic carbocycles. The maximum atomic E-state index is 12.1. The van der Waals surface area contributed by atoms with Crippen LogP contribution in [0.2, 0.25) is 0 Å². The highest BCUT2D eigenvalue weighted by atomic mass is 16.3. The predicted octanol–water partition coefficient (Wildman–Crippen LogP) is 3.18. The van der Waals surface area contributed by atoms with E-state index in [0.29, 0.717) is 6.42 Å². The fourth-order valence-corrected chi connectivity index (χ4v) is 2.69. The van der Waals surface area contributed by atoms with Crippen LogP contribution in [0, 0.1) is 0 Å². The fourth-order valence-electron chi connectivity index (χ4n) is 2.69. The van der Waals surface area contributed by atoms with Crippen LogP contribution in [0.1, 0.15) is 17.5 Å². The number of benzene rings is 2. The summed E-state index contributed by atoms with van der Waals surface area (Å²) >= 11 is 0. The molecule has 0 fully saturated rings. The standard InChI is InChI=1S/C17H18N2O2/c20-14-10-9-12-5-4-8-16(15(12)11-14)19-17(21)18-13-6-2-1-3-7-13/h1-8,14,20H,9-11H2,(H2,18,19,21). The molecule has 2 amide bonds. The lowest BCUT2D eigenvalue weighted by molar-refractivity contribution is 0.159. The molecule has 0 radical (unpaired) electrons. The summed E-state index contributed by atoms with van der Waals surface area (Å²) in [4.78, 5) is 12.1. The van der Waals surface area contributed by atoms with Crippen molar-refractivity contribution in [2.75, 3.05) is 10.6 Å². The summed E-state index contributed by atoms with van der Waals surface area (Å²) in [5.41, 5.74) is 3.77. The molecule has 3 rings (SSSR count). The first kappa shape index (κ1) is 13.6. The second kappa shape index (κ2) is 5.97. The molecule has 1 unspecified atom stereocenters. The molecule has 4 heteroatoms. The van der Waals surface area contributed by atoms with Crippen LogP contribution in [0.5, 0.6) is 0 Å². The van der Waals surface area contributed by atoms with Crippen LogP contribution >= 0.6 is 0 Å². The summed E-state index contributed by atoms with van der Waals surface area (Å²) in [6, 6.07) is 14.9. The van der Waals surface area contributed by atoms with E-state index >= 15 is 0 Å². The molecular weight excluding hydrogens is 264 g/mol. The van der Waals surface area contributed by atoms with Gasteiger partial charge in [-0.1, -0.05) is 30.3 Å². The van der Waals surface area contributed by atoms with Crippen LogP contribution in [-0.2, 0) is 12.8 Å². The number of para-hydroxylation sites is 1. The molecule has 1 atom stereocenters. The fraction of sp³-hybridized carbons (Fsp3) is 0.235. The molecule has 0 saturated heterocycles. The Hall–Kier alpha value is -2.33. The Kier molecular flexibility index (Phi) is 3.88. The average Bonchev–Trinajstić information content (AvgIpc) is 2.49. The van der Waals surface area contributed by atoms with Gasteiger partial charge in [0.2, 0.25) is 0 Å². The summed E-state index contributed by atoms with van der Waals surface area (Å²) in [5.74, 6) is 0. The number of carbonyl (C=O) groups excluding carboxylic acids is 1. The van der Waals surface area contributed by atoms with Crippen molar-refractivity contribution in [3.05, 3.63) is 59.7 Å². The Bertz CT molecular complexity index is 640. The molecule has 108 valence electrons. The Morgan fingerprint density at radius 2 is 1.86 bits per heavy atom. The van der Waals surface area contributed by atoms with Crippen LogP contribution in [0.25, 0.3) is 0 Å². The number of hydrogen-bond acceptors (Lipinski definition) is 2. The van der Waals surface area contributed by atoms with E-state index in [1.165, 1.54) is 5.56 Å². The first-order valence-electron chi connectivity index (χ1n) is 7.14. The molecule has 2 aromatic carbocycles. The lowest BCUT2D eigenvalue weighted by Crippen LogP contribution is -2.24. The van der Waals surface area contributed by atoms with Crippen LogP contribution < -0.4 is 10.6 Å². The average molecular weight is 282 g/mol. The number of hydrogen-bond donors (Lipinski definition) is 3. The number of carbonyl (C=O) groups is 1. The number of aliphatic hydroxyl groups is 1. The minimum absolute atomic E-state index is 0.269. The SMILES string of the molecule is O=C(Nc1ccccc1)Nc1cccc2c1CC(O)CC2. The van der Waals surface area contributed by atoms with Gasteiger partial charge < -0.3 is 15.7 Å². The third-order valence-electron chi connectivity index (χ3n) is 3.74. The van der Waals surface area contributed by atoms with Crippen molar-refractivity contribution in [1.82, 2.24) is 0 Å². The summed E-state index contributed by atoms with van der Waals surface area (Å²) < 4.78 is 0. The van der Waals surface area contributed by atoms with Gasteiger partial charge in [-0.3, -0.25) is 0 Å². The Labute approximate surface area is 123 Å². The van der Waals surface area contributed by atoms with Crippen LogP contribution in [0.3, 0.4) is 0 Å². The van der Waals surface area contributed by atoms with Gasteiger partial charge in [-0.2, -0.15) is 0 Å². The molecule has 0 aromatic heterocycles. The molecule has 21 heavy (non-hydrogen) atoms. The smallest absolute Gasteiger partial charge is 0.323 e. The van der Waals surface area contributed by atoms with E-state index < -0.39 is 0 Å². The van der Waals surface area contributed by atoms with Crippen molar-refractivity contribution in [2.24, 2.45) is 0 Å². The van der Waals surface area contributed by atoms with Gasteiger partial charge in [0.05, 0.1) is 6.10 Å². The minimum atomic E-state index is -0.322. The highest BCUT2D eigenvalue weighted by molar-refractivity contribution is 6.00. The summed E-state index contributed by atoms with van der Waals surface area (Å²) in [6.07, 6.45) is 1.91. The van der Waals surface area contributed by atoms with E-state index in [9.17, 15) is 9.90 Å². The zero-order valence-electron chi connectivity index (χ0n) is 11.7. The van der Waals surface area contributed by atoms with Crippen molar-refractivity contribution in [1.29, 1.82) is 0 Å². The van der Waals surface area contributed by atoms with Gasteiger partial charge in [0, 0.05) is 17.8 Å². The van der Waals surface area contributed by atoms with Gasteiger partial charge in [0.15, 0.2) is 0 Å². The van der Waals surface area contributed by atoms with Gasteiger partial charge in [-0.25, -0.2) is 4.79 Å². The summed E-state index contributed by atoms with van der Waals surface area (Å²) in [7, 11) is 0. The topological polar surface area (TPSA) is 61.4 Å². The van der Waals surface area contributed by atoms with Crippen LogP contribution in [-0.4, -0.2) is 17.2 Å². The van der Waals surface area contributed by atoms with Crippen molar-refractivity contribution in [3.63, 3.8) is 0 Å². The van der Waals surface area contributed by atoms with Gasteiger partial charge in [0.25, 0.3) is 0 Å². The van der Waals surface area contributed by atoms with E-state index in [1.807, 2.05) is 42.5 Å². The largest absolute Gasteiger partial charge is 0.393 e. The van der Waals surface area contributed by atoms with E-state index in [1.54, 1.807) is 0 Å². The molecule has 0 saturated carbocycles. The highest BCUT2D eigenvalue weighted by Crippen LogP contribution is 2.28. The third-order valence-corrected chi connectivity index (χ3v) is 3.74. The van der Waals surface area contributed by atoms with Gasteiger partial charge in [-0.05, 0) is 42.2 Å². The van der Waals surface area contributed by atoms with Gasteiger partial charge in [-0.15, -0.1) is 0 Å². The molecular formula is C17H18N2O2. The van der Waals surface area contributed by atoms with E-state index in [4.69, 9.17) is 0 Å². The Morgan fingerprint density at radius 1 is 1.05 bits per heavy atom. The Balaban J connectivity index is 1.75. The predicted molar refractivity (Wildman–Crippen MR) is 83.6 cm³/mol. The van der Waals surface area contributed by atoms with Crippen LogP contribution in [0.4, 0.5) is 16.2 Å². The second-order valence-electron chi connectivity index (χ2n) is 5.29. The number of rotatable bonds is 2. The first-order valence-corrected chi connectivity index (χ1v) is 7.14. The van der Waals surface area contributed by atoms with Crippen molar-refractivity contribution >= 4 is 17.4 Å². The van der Waals surface area contributed by atoms with E-state index in [-0.39, 0.29) is 12.1 Å². The minimum Gasteiger partial charge on any atom is -0.393 e.